The lowest BCUT2D eigenvalue weighted by Gasteiger charge is -2.29. The van der Waals surface area contributed by atoms with Crippen molar-refractivity contribution in [1.29, 1.82) is 0 Å². The van der Waals surface area contributed by atoms with Crippen LogP contribution in [0.3, 0.4) is 0 Å². The highest BCUT2D eigenvalue weighted by molar-refractivity contribution is 5.96. The minimum atomic E-state index is -1.58. The zero-order chi connectivity index (χ0) is 48.5. The predicted molar refractivity (Wildman–Crippen MR) is 246 cm³/mol. The topological polar surface area (TPSA) is 324 Å². The molecule has 1 saturated heterocycles. The van der Waals surface area contributed by atoms with E-state index in [1.807, 2.05) is 31.2 Å². The summed E-state index contributed by atoms with van der Waals surface area (Å²) >= 11 is 0. The summed E-state index contributed by atoms with van der Waals surface area (Å²) in [5.41, 5.74) is 8.44. The van der Waals surface area contributed by atoms with Gasteiger partial charge in [-0.25, -0.2) is 4.98 Å². The molecule has 5 rings (SSSR count). The van der Waals surface area contributed by atoms with E-state index < -0.39 is 95.8 Å². The van der Waals surface area contributed by atoms with Gasteiger partial charge in [-0.1, -0.05) is 68.3 Å². The number of hydrogen-bond acceptors (Lipinski definition) is 11. The lowest BCUT2D eigenvalue weighted by atomic mass is 10.0. The number of benzene rings is 2. The van der Waals surface area contributed by atoms with Crippen LogP contribution < -0.4 is 48.3 Å². The van der Waals surface area contributed by atoms with Crippen molar-refractivity contribution in [3.8, 4) is 0 Å². The number of rotatable bonds is 15. The Morgan fingerprint density at radius 2 is 1.57 bits per heavy atom. The maximum absolute atomic E-state index is 14.3. The van der Waals surface area contributed by atoms with Crippen molar-refractivity contribution in [1.82, 2.24) is 57.5 Å². The first-order valence-electron chi connectivity index (χ1n) is 22.5. The first-order valence-corrected chi connectivity index (χ1v) is 22.5. The lowest BCUT2D eigenvalue weighted by Crippen LogP contribution is -2.61. The molecule has 13 N–H and O–H groups in total. The molecule has 8 atom stereocenters. The van der Waals surface area contributed by atoms with Gasteiger partial charge in [0.15, 0.2) is 0 Å². The van der Waals surface area contributed by atoms with Gasteiger partial charge in [0.2, 0.25) is 47.3 Å². The van der Waals surface area contributed by atoms with Gasteiger partial charge in [0, 0.05) is 68.1 Å². The Labute approximate surface area is 387 Å². The number of imidazole rings is 1. The number of H-pyrrole nitrogens is 2. The van der Waals surface area contributed by atoms with Gasteiger partial charge >= 0.3 is 0 Å². The summed E-state index contributed by atoms with van der Waals surface area (Å²) in [4.78, 5) is 119. The average Bonchev–Trinajstić information content (AvgIpc) is 3.97. The van der Waals surface area contributed by atoms with Gasteiger partial charge < -0.3 is 58.0 Å². The number of aromatic nitrogens is 3. The van der Waals surface area contributed by atoms with Gasteiger partial charge in [0.25, 0.3) is 0 Å². The average molecular weight is 927 g/mol. The van der Waals surface area contributed by atoms with Crippen molar-refractivity contribution < 1.29 is 43.5 Å². The first-order chi connectivity index (χ1) is 32.1. The Hall–Kier alpha value is -7.13. The third kappa shape index (κ3) is 15.5. The summed E-state index contributed by atoms with van der Waals surface area (Å²) < 4.78 is 0. The molecule has 3 heterocycles. The van der Waals surface area contributed by atoms with Crippen molar-refractivity contribution in [3.05, 3.63) is 90.1 Å². The Balaban J connectivity index is 1.45. The van der Waals surface area contributed by atoms with Crippen molar-refractivity contribution in [2.75, 3.05) is 6.54 Å². The molecule has 0 spiro atoms. The smallest absolute Gasteiger partial charge is 0.243 e. The fourth-order valence-corrected chi connectivity index (χ4v) is 7.67. The van der Waals surface area contributed by atoms with E-state index in [1.165, 1.54) is 26.4 Å². The molecule has 1 fully saturated rings. The van der Waals surface area contributed by atoms with E-state index in [0.29, 0.717) is 24.1 Å². The molecule has 1 aliphatic heterocycles. The van der Waals surface area contributed by atoms with Crippen LogP contribution in [0.15, 0.2) is 73.3 Å². The summed E-state index contributed by atoms with van der Waals surface area (Å²) in [7, 11) is 0. The van der Waals surface area contributed by atoms with E-state index in [-0.39, 0.29) is 51.5 Å². The first kappa shape index (κ1) is 50.9. The highest BCUT2D eigenvalue weighted by Crippen LogP contribution is 2.19. The minimum Gasteiger partial charge on any atom is -0.376 e. The molecule has 1 aliphatic rings. The number of carbonyl (C=O) groups excluding carboxylic acids is 8. The van der Waals surface area contributed by atoms with Gasteiger partial charge in [-0.2, -0.15) is 0 Å². The van der Waals surface area contributed by atoms with Crippen LogP contribution in [-0.4, -0.2) is 122 Å². The van der Waals surface area contributed by atoms with E-state index in [0.717, 1.165) is 16.5 Å². The van der Waals surface area contributed by atoms with Gasteiger partial charge in [0.05, 0.1) is 18.4 Å². The molecular weight excluding hydrogens is 865 g/mol. The number of hydrogen-bond donors (Lipinski definition) is 12. The van der Waals surface area contributed by atoms with E-state index in [4.69, 9.17) is 5.73 Å². The number of nitrogens with zero attached hydrogens (tertiary/aromatic N) is 1. The third-order valence-corrected chi connectivity index (χ3v) is 11.4. The molecule has 360 valence electrons. The van der Waals surface area contributed by atoms with Crippen molar-refractivity contribution in [3.63, 3.8) is 0 Å². The lowest BCUT2D eigenvalue weighted by molar-refractivity contribution is -0.135. The van der Waals surface area contributed by atoms with Crippen molar-refractivity contribution in [2.45, 2.75) is 127 Å². The molecule has 0 aliphatic carbocycles. The molecule has 0 bridgehead atoms. The van der Waals surface area contributed by atoms with E-state index >= 15 is 0 Å². The molecule has 4 aromatic rings. The SMILES string of the molecule is CCCCC(NC(C)=O)C(=O)NC1CCC(=O)NCCC(C(=O)NC(Cc2c[nH]c3ccccc23)C(N)=O)NC(O)C(C)NC(=O)C(Cc2ccccc2)NC(=O)C(Cc2cnc[nH]2)NC1=O. The molecule has 8 amide bonds. The van der Waals surface area contributed by atoms with Crippen molar-refractivity contribution >= 4 is 58.2 Å². The fraction of sp³-hybridized carbons (Fsp3) is 0.457. The normalized spacial score (nSPS) is 22.3. The van der Waals surface area contributed by atoms with Gasteiger partial charge in [-0.05, 0) is 43.4 Å². The molecule has 21 heteroatoms. The van der Waals surface area contributed by atoms with Gasteiger partial charge in [0.1, 0.15) is 36.4 Å². The summed E-state index contributed by atoms with van der Waals surface area (Å²) in [6, 6.07) is 7.71. The Morgan fingerprint density at radius 3 is 2.27 bits per heavy atom. The number of aromatic amines is 2. The summed E-state index contributed by atoms with van der Waals surface area (Å²) in [6.45, 7) is 4.51. The minimum absolute atomic E-state index is 0.00981. The van der Waals surface area contributed by atoms with Crippen LogP contribution in [0.5, 0.6) is 0 Å². The number of aliphatic hydroxyl groups excluding tert-OH is 1. The largest absolute Gasteiger partial charge is 0.376 e. The standard InChI is InChI=1S/C46H62N12O9/c1-4-5-14-33(53-27(3)59)42(63)55-34-16-17-39(60)49-19-18-35(44(65)56-36(40(47)61)21-29-23-50-32-15-10-9-13-31(29)32)54-41(62)26(2)52-45(66)37(20-28-11-7-6-8-12-28)57-46(67)38(58-43(34)64)22-30-24-48-25-51-30/h6-13,15,23-26,33-38,41,50,54,62H,4-5,14,16-22H2,1-3H3,(H2,47,61)(H,48,51)(H,49,60)(H,52,66)(H,53,59)(H,55,63)(H,56,65)(H,57,67)(H,58,64). The highest BCUT2D eigenvalue weighted by Gasteiger charge is 2.34. The Kier molecular flexibility index (Phi) is 19.0. The number of aliphatic hydroxyl groups is 1. The number of nitrogens with one attached hydrogen (secondary N) is 10. The molecule has 67 heavy (non-hydrogen) atoms. The van der Waals surface area contributed by atoms with Crippen molar-refractivity contribution in [2.24, 2.45) is 5.73 Å². The van der Waals surface area contributed by atoms with Gasteiger partial charge in [-0.15, -0.1) is 0 Å². The second-order valence-electron chi connectivity index (χ2n) is 16.7. The number of primary amides is 1. The second-order valence-corrected chi connectivity index (χ2v) is 16.7. The highest BCUT2D eigenvalue weighted by atomic mass is 16.3. The number of fused-ring (bicyclic) bond motifs is 1. The summed E-state index contributed by atoms with van der Waals surface area (Å²) in [5.74, 6) is -5.58. The zero-order valence-electron chi connectivity index (χ0n) is 37.9. The monoisotopic (exact) mass is 926 g/mol. The second kappa shape index (κ2) is 25.0. The molecule has 2 aromatic carbocycles. The Morgan fingerprint density at radius 1 is 0.866 bits per heavy atom. The third-order valence-electron chi connectivity index (χ3n) is 11.4. The van der Waals surface area contributed by atoms with Crippen LogP contribution in [0.2, 0.25) is 0 Å². The molecule has 0 radical (unpaired) electrons. The van der Waals surface area contributed by atoms with E-state index in [9.17, 15) is 43.5 Å². The number of unbranched alkanes of at least 4 members (excludes halogenated alkanes) is 1. The number of para-hydroxylation sites is 1. The maximum Gasteiger partial charge on any atom is 0.243 e. The molecular formula is C46H62N12O9. The van der Waals surface area contributed by atoms with Crippen LogP contribution >= 0.6 is 0 Å². The fourth-order valence-electron chi connectivity index (χ4n) is 7.67. The van der Waals surface area contributed by atoms with E-state index in [1.54, 1.807) is 36.5 Å². The Bertz CT molecular complexity index is 2320. The molecule has 21 nitrogen and oxygen atoms in total. The summed E-state index contributed by atoms with van der Waals surface area (Å²) in [6.07, 6.45) is 3.75. The van der Waals surface area contributed by atoms with Crippen LogP contribution in [-0.2, 0) is 57.6 Å². The number of nitrogens with two attached hydrogens (primary N) is 1. The van der Waals surface area contributed by atoms with Crippen LogP contribution in [0.1, 0.15) is 76.1 Å². The number of carbonyl (C=O) groups is 8. The molecule has 8 unspecified atom stereocenters. The number of amides is 8. The van der Waals surface area contributed by atoms with Crippen LogP contribution in [0.4, 0.5) is 0 Å². The molecule has 0 saturated carbocycles. The quantitative estimate of drug-likeness (QED) is 0.0695. The van der Waals surface area contributed by atoms with Crippen LogP contribution in [0, 0.1) is 0 Å². The predicted octanol–water partition coefficient (Wildman–Crippen LogP) is -0.880. The zero-order valence-corrected chi connectivity index (χ0v) is 37.9. The summed E-state index contributed by atoms with van der Waals surface area (Å²) in [5, 5.41) is 33.9. The maximum atomic E-state index is 14.3. The van der Waals surface area contributed by atoms with Crippen LogP contribution in [0.25, 0.3) is 10.9 Å². The van der Waals surface area contributed by atoms with Gasteiger partial charge in [-0.3, -0.25) is 43.7 Å². The molecule has 2 aromatic heterocycles. The van der Waals surface area contributed by atoms with E-state index in [2.05, 4.69) is 57.5 Å².